The maximum Gasteiger partial charge on any atom is 0.143 e. The Balaban J connectivity index is 1.12. The molecule has 0 saturated carbocycles. The molecule has 0 aliphatic carbocycles. The molecule has 0 amide bonds. The number of fused-ring (bicyclic) bond motifs is 5. The van der Waals surface area contributed by atoms with Gasteiger partial charge in [-0.05, 0) is 92.9 Å². The summed E-state index contributed by atoms with van der Waals surface area (Å²) in [7, 11) is 0. The van der Waals surface area contributed by atoms with Crippen LogP contribution in [0, 0.1) is 0 Å². The fraction of sp³-hybridized carbons (Fsp3) is 0. The van der Waals surface area contributed by atoms with Gasteiger partial charge < -0.3 is 9.32 Å². The highest BCUT2D eigenvalue weighted by Crippen LogP contribution is 2.44. The summed E-state index contributed by atoms with van der Waals surface area (Å²) in [6, 6.07) is 75.8. The first-order valence-electron chi connectivity index (χ1n) is 18.4. The third-order valence-electron chi connectivity index (χ3n) is 10.5. The van der Waals surface area contributed by atoms with Gasteiger partial charge in [0.2, 0.25) is 0 Å². The summed E-state index contributed by atoms with van der Waals surface area (Å²) in [5.41, 5.74) is 14.5. The van der Waals surface area contributed by atoms with Gasteiger partial charge in [0.15, 0.2) is 0 Å². The van der Waals surface area contributed by atoms with Gasteiger partial charge in [0.25, 0.3) is 0 Å². The summed E-state index contributed by atoms with van der Waals surface area (Å²) >= 11 is 0. The van der Waals surface area contributed by atoms with Gasteiger partial charge in [0.1, 0.15) is 11.2 Å². The quantitative estimate of drug-likeness (QED) is 0.166. The Labute approximate surface area is 314 Å². The second-order valence-corrected chi connectivity index (χ2v) is 13.7. The molecule has 0 atom stereocenters. The molecular formula is C52H35NO. The summed E-state index contributed by atoms with van der Waals surface area (Å²) in [6.45, 7) is 0. The van der Waals surface area contributed by atoms with E-state index in [1.807, 2.05) is 0 Å². The Morgan fingerprint density at radius 3 is 1.76 bits per heavy atom. The van der Waals surface area contributed by atoms with Crippen LogP contribution >= 0.6 is 0 Å². The zero-order chi connectivity index (χ0) is 35.8. The molecule has 0 bridgehead atoms. The average Bonchev–Trinajstić information content (AvgIpc) is 3.65. The molecule has 1 aromatic heterocycles. The van der Waals surface area contributed by atoms with Crippen LogP contribution in [0.25, 0.3) is 77.2 Å². The number of nitrogens with zero attached hydrogens (tertiary/aromatic N) is 1. The second kappa shape index (κ2) is 13.4. The van der Waals surface area contributed by atoms with Crippen LogP contribution in [0.4, 0.5) is 17.1 Å². The van der Waals surface area contributed by atoms with E-state index in [-0.39, 0.29) is 0 Å². The fourth-order valence-corrected chi connectivity index (χ4v) is 7.88. The van der Waals surface area contributed by atoms with Gasteiger partial charge >= 0.3 is 0 Å². The molecule has 0 saturated heterocycles. The molecule has 0 fully saturated rings. The van der Waals surface area contributed by atoms with Gasteiger partial charge in [0, 0.05) is 33.1 Å². The highest BCUT2D eigenvalue weighted by atomic mass is 16.3. The molecule has 0 aliphatic heterocycles. The highest BCUT2D eigenvalue weighted by Gasteiger charge is 2.20. The number of benzene rings is 9. The molecule has 2 heteroatoms. The van der Waals surface area contributed by atoms with Crippen molar-refractivity contribution in [2.24, 2.45) is 0 Å². The predicted octanol–water partition coefficient (Wildman–Crippen LogP) is 14.9. The van der Waals surface area contributed by atoms with Crippen molar-refractivity contribution < 1.29 is 4.42 Å². The Bertz CT molecular complexity index is 2920. The summed E-state index contributed by atoms with van der Waals surface area (Å²) in [5.74, 6) is 0. The van der Waals surface area contributed by atoms with Gasteiger partial charge in [-0.2, -0.15) is 0 Å². The van der Waals surface area contributed by atoms with E-state index in [9.17, 15) is 0 Å². The molecule has 9 aromatic carbocycles. The molecule has 0 unspecified atom stereocenters. The lowest BCUT2D eigenvalue weighted by atomic mass is 9.97. The van der Waals surface area contributed by atoms with Crippen LogP contribution in [0.3, 0.4) is 0 Å². The SMILES string of the molecule is c1ccc(-c2cccc(-c3ccc(N(c4cccc(-c5cccc6oc7c8ccccc8ccc7c56)c4)c4ccccc4-c4ccccc4)cc3)c2)cc1. The number of para-hydroxylation sites is 1. The van der Waals surface area contributed by atoms with Crippen LogP contribution < -0.4 is 4.90 Å². The first-order valence-corrected chi connectivity index (χ1v) is 18.4. The van der Waals surface area contributed by atoms with E-state index in [0.29, 0.717) is 0 Å². The number of hydrogen-bond donors (Lipinski definition) is 0. The molecule has 2 nitrogen and oxygen atoms in total. The molecule has 54 heavy (non-hydrogen) atoms. The zero-order valence-corrected chi connectivity index (χ0v) is 29.6. The lowest BCUT2D eigenvalue weighted by Gasteiger charge is -2.28. The molecule has 0 aliphatic rings. The summed E-state index contributed by atoms with van der Waals surface area (Å²) in [4.78, 5) is 2.39. The average molecular weight is 690 g/mol. The topological polar surface area (TPSA) is 16.4 Å². The molecule has 0 spiro atoms. The largest absolute Gasteiger partial charge is 0.455 e. The van der Waals surface area contributed by atoms with Crippen molar-refractivity contribution in [3.8, 4) is 44.5 Å². The molecular weight excluding hydrogens is 655 g/mol. The van der Waals surface area contributed by atoms with E-state index in [4.69, 9.17) is 4.42 Å². The summed E-state index contributed by atoms with van der Waals surface area (Å²) in [6.07, 6.45) is 0. The number of rotatable bonds is 7. The van der Waals surface area contributed by atoms with Crippen molar-refractivity contribution >= 4 is 49.8 Å². The van der Waals surface area contributed by atoms with Crippen molar-refractivity contribution in [3.05, 3.63) is 212 Å². The first kappa shape index (κ1) is 31.6. The van der Waals surface area contributed by atoms with Crippen molar-refractivity contribution in [1.29, 1.82) is 0 Å². The van der Waals surface area contributed by atoms with E-state index >= 15 is 0 Å². The number of anilines is 3. The maximum absolute atomic E-state index is 6.58. The third kappa shape index (κ3) is 5.62. The lowest BCUT2D eigenvalue weighted by molar-refractivity contribution is 0.673. The minimum absolute atomic E-state index is 0.891. The van der Waals surface area contributed by atoms with Gasteiger partial charge in [-0.3, -0.25) is 0 Å². The van der Waals surface area contributed by atoms with Crippen LogP contribution in [0.1, 0.15) is 0 Å². The van der Waals surface area contributed by atoms with Crippen LogP contribution in [-0.4, -0.2) is 0 Å². The Morgan fingerprint density at radius 2 is 0.944 bits per heavy atom. The van der Waals surface area contributed by atoms with Crippen molar-refractivity contribution in [1.82, 2.24) is 0 Å². The van der Waals surface area contributed by atoms with E-state index < -0.39 is 0 Å². The molecule has 1 heterocycles. The molecule has 10 rings (SSSR count). The van der Waals surface area contributed by atoms with Gasteiger partial charge in [-0.1, -0.05) is 164 Å². The minimum atomic E-state index is 0.891. The van der Waals surface area contributed by atoms with Gasteiger partial charge in [-0.25, -0.2) is 0 Å². The van der Waals surface area contributed by atoms with Crippen molar-refractivity contribution in [3.63, 3.8) is 0 Å². The Hall–Kier alpha value is -7.16. The maximum atomic E-state index is 6.58. The van der Waals surface area contributed by atoms with Crippen molar-refractivity contribution in [2.75, 3.05) is 4.90 Å². The standard InChI is InChI=1S/C52H35NO/c1-3-14-36(15-4-1)40-19-11-20-41(34-40)37-28-31-43(32-29-37)53(49-26-10-9-23-45(49)38-16-5-2-6-17-38)44-22-12-21-42(35-44)46-25-13-27-50-51(46)48-33-30-39-18-7-8-24-47(39)52(48)54-50/h1-35H. The Kier molecular flexibility index (Phi) is 7.85. The Morgan fingerprint density at radius 1 is 0.333 bits per heavy atom. The smallest absolute Gasteiger partial charge is 0.143 e. The van der Waals surface area contributed by atoms with Gasteiger partial charge in [0.05, 0.1) is 5.69 Å². The number of hydrogen-bond acceptors (Lipinski definition) is 2. The minimum Gasteiger partial charge on any atom is -0.455 e. The summed E-state index contributed by atoms with van der Waals surface area (Å²) < 4.78 is 6.58. The van der Waals surface area contributed by atoms with Crippen molar-refractivity contribution in [2.45, 2.75) is 0 Å². The molecule has 0 N–H and O–H groups in total. The highest BCUT2D eigenvalue weighted by molar-refractivity contribution is 6.19. The normalized spacial score (nSPS) is 11.3. The lowest BCUT2D eigenvalue weighted by Crippen LogP contribution is -2.11. The van der Waals surface area contributed by atoms with Crippen LogP contribution in [-0.2, 0) is 0 Å². The van der Waals surface area contributed by atoms with E-state index in [1.54, 1.807) is 0 Å². The van der Waals surface area contributed by atoms with Crippen LogP contribution in [0.2, 0.25) is 0 Å². The molecule has 0 radical (unpaired) electrons. The van der Waals surface area contributed by atoms with Crippen LogP contribution in [0.5, 0.6) is 0 Å². The van der Waals surface area contributed by atoms with E-state index in [0.717, 1.165) is 61.1 Å². The second-order valence-electron chi connectivity index (χ2n) is 13.7. The van der Waals surface area contributed by atoms with E-state index in [1.165, 1.54) is 33.2 Å². The van der Waals surface area contributed by atoms with Crippen LogP contribution in [0.15, 0.2) is 217 Å². The first-order chi connectivity index (χ1) is 26.8. The predicted molar refractivity (Wildman–Crippen MR) is 228 cm³/mol. The monoisotopic (exact) mass is 689 g/mol. The fourth-order valence-electron chi connectivity index (χ4n) is 7.88. The van der Waals surface area contributed by atoms with E-state index in [2.05, 4.69) is 217 Å². The molecule has 10 aromatic rings. The third-order valence-corrected chi connectivity index (χ3v) is 10.5. The number of furan rings is 1. The van der Waals surface area contributed by atoms with Gasteiger partial charge in [-0.15, -0.1) is 0 Å². The summed E-state index contributed by atoms with van der Waals surface area (Å²) in [5, 5.41) is 4.57. The zero-order valence-electron chi connectivity index (χ0n) is 29.6. The molecule has 254 valence electrons.